The summed E-state index contributed by atoms with van der Waals surface area (Å²) in [5.41, 5.74) is 11.3. The Bertz CT molecular complexity index is 451. The molecule has 1 saturated heterocycles. The number of hydrogen-bond acceptors (Lipinski definition) is 7. The van der Waals surface area contributed by atoms with Gasteiger partial charge >= 0.3 is 5.97 Å². The SMILES string of the molecule is CC(O)C(C(=O)O)N(C(=O)C(N)CCCCN)C(=O)C1CCCN1. The summed E-state index contributed by atoms with van der Waals surface area (Å²) in [4.78, 5) is 37.4. The highest BCUT2D eigenvalue weighted by atomic mass is 16.4. The molecule has 4 atom stereocenters. The molecule has 7 N–H and O–H groups in total. The quantitative estimate of drug-likeness (QED) is 0.312. The third kappa shape index (κ3) is 5.23. The van der Waals surface area contributed by atoms with E-state index in [0.717, 1.165) is 6.42 Å². The zero-order valence-electron chi connectivity index (χ0n) is 14.0. The lowest BCUT2D eigenvalue weighted by Crippen LogP contribution is -2.61. The van der Waals surface area contributed by atoms with E-state index in [9.17, 15) is 24.6 Å². The van der Waals surface area contributed by atoms with Crippen molar-refractivity contribution in [1.82, 2.24) is 10.2 Å². The fourth-order valence-corrected chi connectivity index (χ4v) is 2.79. The number of aliphatic carboxylic acids is 1. The Balaban J connectivity index is 3.00. The van der Waals surface area contributed by atoms with Gasteiger partial charge in [-0.05, 0) is 45.7 Å². The molecule has 0 aromatic rings. The maximum atomic E-state index is 12.7. The fourth-order valence-electron chi connectivity index (χ4n) is 2.79. The van der Waals surface area contributed by atoms with E-state index in [1.807, 2.05) is 0 Å². The number of nitrogens with zero attached hydrogens (tertiary/aromatic N) is 1. The molecule has 2 amide bonds. The molecule has 0 aromatic carbocycles. The van der Waals surface area contributed by atoms with Crippen LogP contribution in [0.5, 0.6) is 0 Å². The lowest BCUT2D eigenvalue weighted by molar-refractivity contribution is -0.163. The van der Waals surface area contributed by atoms with Gasteiger partial charge in [0, 0.05) is 0 Å². The Morgan fingerprint density at radius 1 is 1.33 bits per heavy atom. The zero-order chi connectivity index (χ0) is 18.3. The maximum Gasteiger partial charge on any atom is 0.329 e. The number of carbonyl (C=O) groups excluding carboxylic acids is 2. The predicted octanol–water partition coefficient (Wildman–Crippen LogP) is -1.62. The molecule has 9 heteroatoms. The molecule has 0 spiro atoms. The number of amides is 2. The minimum atomic E-state index is -1.66. The summed E-state index contributed by atoms with van der Waals surface area (Å²) in [5.74, 6) is -2.88. The number of aliphatic hydroxyl groups excluding tert-OH is 1. The van der Waals surface area contributed by atoms with Gasteiger partial charge < -0.3 is 27.0 Å². The second kappa shape index (κ2) is 9.67. The molecule has 4 unspecified atom stereocenters. The van der Waals surface area contributed by atoms with Gasteiger partial charge in [-0.25, -0.2) is 4.79 Å². The molecule has 0 bridgehead atoms. The minimum absolute atomic E-state index is 0.296. The van der Waals surface area contributed by atoms with Crippen LogP contribution in [0.25, 0.3) is 0 Å². The second-order valence-electron chi connectivity index (χ2n) is 6.11. The number of rotatable bonds is 9. The molecule has 0 radical (unpaired) electrons. The van der Waals surface area contributed by atoms with E-state index in [1.165, 1.54) is 6.92 Å². The second-order valence-corrected chi connectivity index (χ2v) is 6.11. The molecule has 9 nitrogen and oxygen atoms in total. The van der Waals surface area contributed by atoms with Gasteiger partial charge in [0.05, 0.1) is 18.2 Å². The molecule has 1 heterocycles. The van der Waals surface area contributed by atoms with Gasteiger partial charge in [-0.3, -0.25) is 14.5 Å². The summed E-state index contributed by atoms with van der Waals surface area (Å²) < 4.78 is 0. The maximum absolute atomic E-state index is 12.7. The van der Waals surface area contributed by atoms with Crippen LogP contribution < -0.4 is 16.8 Å². The number of nitrogens with one attached hydrogen (secondary N) is 1. The lowest BCUT2D eigenvalue weighted by Gasteiger charge is -2.32. The topological polar surface area (TPSA) is 159 Å². The highest BCUT2D eigenvalue weighted by Gasteiger charge is 2.42. The van der Waals surface area contributed by atoms with E-state index in [-0.39, 0.29) is 0 Å². The minimum Gasteiger partial charge on any atom is -0.480 e. The predicted molar refractivity (Wildman–Crippen MR) is 86.9 cm³/mol. The Morgan fingerprint density at radius 3 is 2.46 bits per heavy atom. The van der Waals surface area contributed by atoms with Gasteiger partial charge in [0.25, 0.3) is 0 Å². The number of carboxylic acid groups (broad SMARTS) is 1. The van der Waals surface area contributed by atoms with Gasteiger partial charge in [0.2, 0.25) is 11.8 Å². The highest BCUT2D eigenvalue weighted by molar-refractivity contribution is 6.03. The van der Waals surface area contributed by atoms with Crippen molar-refractivity contribution >= 4 is 17.8 Å². The summed E-state index contributed by atoms with van der Waals surface area (Å²) in [6.07, 6.45) is 1.43. The van der Waals surface area contributed by atoms with Gasteiger partial charge in [-0.1, -0.05) is 6.42 Å². The summed E-state index contributed by atoms with van der Waals surface area (Å²) in [7, 11) is 0. The molecule has 1 fully saturated rings. The molecule has 1 aliphatic heterocycles. The monoisotopic (exact) mass is 344 g/mol. The van der Waals surface area contributed by atoms with Gasteiger partial charge in [0.1, 0.15) is 0 Å². The van der Waals surface area contributed by atoms with Gasteiger partial charge in [0.15, 0.2) is 6.04 Å². The van der Waals surface area contributed by atoms with E-state index in [2.05, 4.69) is 5.32 Å². The van der Waals surface area contributed by atoms with Crippen LogP contribution >= 0.6 is 0 Å². The first-order chi connectivity index (χ1) is 11.3. The Kier molecular flexibility index (Phi) is 8.26. The van der Waals surface area contributed by atoms with Crippen molar-refractivity contribution in [3.8, 4) is 0 Å². The van der Waals surface area contributed by atoms with Crippen molar-refractivity contribution in [2.45, 2.75) is 63.3 Å². The van der Waals surface area contributed by atoms with Crippen molar-refractivity contribution in [3.05, 3.63) is 0 Å². The molecule has 0 aliphatic carbocycles. The zero-order valence-corrected chi connectivity index (χ0v) is 14.0. The first-order valence-electron chi connectivity index (χ1n) is 8.28. The van der Waals surface area contributed by atoms with E-state index in [0.29, 0.717) is 43.7 Å². The smallest absolute Gasteiger partial charge is 0.329 e. The van der Waals surface area contributed by atoms with Crippen LogP contribution in [-0.2, 0) is 14.4 Å². The van der Waals surface area contributed by atoms with Crippen LogP contribution in [0.3, 0.4) is 0 Å². The first-order valence-corrected chi connectivity index (χ1v) is 8.28. The van der Waals surface area contributed by atoms with Crippen molar-refractivity contribution in [3.63, 3.8) is 0 Å². The third-order valence-electron chi connectivity index (χ3n) is 4.11. The Labute approximate surface area is 141 Å². The molecule has 0 saturated carbocycles. The number of hydrogen-bond donors (Lipinski definition) is 5. The molecule has 138 valence electrons. The molecule has 0 aromatic heterocycles. The van der Waals surface area contributed by atoms with Crippen LogP contribution in [-0.4, -0.2) is 70.2 Å². The average Bonchev–Trinajstić information content (AvgIpc) is 3.04. The van der Waals surface area contributed by atoms with Crippen LogP contribution in [0.1, 0.15) is 39.0 Å². The van der Waals surface area contributed by atoms with Crippen LogP contribution in [0.2, 0.25) is 0 Å². The number of carboxylic acids is 1. The number of nitrogens with two attached hydrogens (primary N) is 2. The lowest BCUT2D eigenvalue weighted by atomic mass is 10.0. The van der Waals surface area contributed by atoms with Crippen LogP contribution in [0.4, 0.5) is 0 Å². The molecule has 24 heavy (non-hydrogen) atoms. The summed E-state index contributed by atoms with van der Waals surface area (Å²) in [6.45, 7) is 2.31. The van der Waals surface area contributed by atoms with E-state index in [4.69, 9.17) is 11.5 Å². The Morgan fingerprint density at radius 2 is 2.00 bits per heavy atom. The van der Waals surface area contributed by atoms with Crippen molar-refractivity contribution < 1.29 is 24.6 Å². The summed E-state index contributed by atoms with van der Waals surface area (Å²) in [5, 5.41) is 22.1. The average molecular weight is 344 g/mol. The van der Waals surface area contributed by atoms with E-state index >= 15 is 0 Å². The largest absolute Gasteiger partial charge is 0.480 e. The van der Waals surface area contributed by atoms with Gasteiger partial charge in [-0.15, -0.1) is 0 Å². The highest BCUT2D eigenvalue weighted by Crippen LogP contribution is 2.16. The molecule has 1 rings (SSSR count). The summed E-state index contributed by atoms with van der Waals surface area (Å²) >= 11 is 0. The van der Waals surface area contributed by atoms with Crippen molar-refractivity contribution in [2.75, 3.05) is 13.1 Å². The normalized spacial score (nSPS) is 21.1. The van der Waals surface area contributed by atoms with Crippen molar-refractivity contribution in [2.24, 2.45) is 11.5 Å². The van der Waals surface area contributed by atoms with Gasteiger partial charge in [-0.2, -0.15) is 0 Å². The standard InChI is InChI=1S/C15H28N4O5/c1-9(20)12(15(23)24)19(14(22)11-6-4-8-18-11)13(21)10(17)5-2-3-7-16/h9-12,18,20H,2-8,16-17H2,1H3,(H,23,24). The van der Waals surface area contributed by atoms with Crippen LogP contribution in [0, 0.1) is 0 Å². The molecular formula is C15H28N4O5. The Hall–Kier alpha value is -1.55. The number of unbranched alkanes of at least 4 members (excludes halogenated alkanes) is 1. The third-order valence-corrected chi connectivity index (χ3v) is 4.11. The number of aliphatic hydroxyl groups is 1. The van der Waals surface area contributed by atoms with Crippen LogP contribution in [0.15, 0.2) is 0 Å². The molecular weight excluding hydrogens is 316 g/mol. The number of carbonyl (C=O) groups is 3. The fraction of sp³-hybridized carbons (Fsp3) is 0.800. The first kappa shape index (κ1) is 20.5. The van der Waals surface area contributed by atoms with E-state index in [1.54, 1.807) is 0 Å². The summed E-state index contributed by atoms with van der Waals surface area (Å²) in [6, 6.07) is -3.30. The number of imide groups is 1. The van der Waals surface area contributed by atoms with E-state index < -0.39 is 42.0 Å². The van der Waals surface area contributed by atoms with Crippen molar-refractivity contribution in [1.29, 1.82) is 0 Å². The molecule has 1 aliphatic rings.